The number of nitrogens with one attached hydrogen (secondary N) is 1. The van der Waals surface area contributed by atoms with Crippen molar-refractivity contribution in [3.63, 3.8) is 0 Å². The summed E-state index contributed by atoms with van der Waals surface area (Å²) in [4.78, 5) is 12.5. The molecule has 0 saturated carbocycles. The van der Waals surface area contributed by atoms with Gasteiger partial charge in [-0.2, -0.15) is 18.3 Å². The van der Waals surface area contributed by atoms with Gasteiger partial charge in [-0.1, -0.05) is 22.0 Å². The number of nitrogens with zero attached hydrogens (tertiary/aromatic N) is 2. The minimum atomic E-state index is -4.48. The molecule has 0 aliphatic heterocycles. The zero-order valence-electron chi connectivity index (χ0n) is 13.9. The normalized spacial score (nSPS) is 11.3. The van der Waals surface area contributed by atoms with Crippen molar-refractivity contribution in [1.82, 2.24) is 9.78 Å². The summed E-state index contributed by atoms with van der Waals surface area (Å²) in [5.74, 6) is -0.401. The van der Waals surface area contributed by atoms with E-state index in [0.29, 0.717) is 5.69 Å². The van der Waals surface area contributed by atoms with Crippen LogP contribution in [0, 0.1) is 0 Å². The third-order valence-corrected chi connectivity index (χ3v) is 4.18. The maximum atomic E-state index is 12.9. The quantitative estimate of drug-likeness (QED) is 0.627. The largest absolute Gasteiger partial charge is 0.493 e. The predicted octanol–water partition coefficient (Wildman–Crippen LogP) is 4.91. The van der Waals surface area contributed by atoms with Crippen molar-refractivity contribution in [2.24, 2.45) is 0 Å². The van der Waals surface area contributed by atoms with Crippen molar-refractivity contribution in [2.45, 2.75) is 6.18 Å². The zero-order valence-corrected chi connectivity index (χ0v) is 15.5. The van der Waals surface area contributed by atoms with Crippen LogP contribution in [-0.4, -0.2) is 22.8 Å². The molecule has 140 valence electrons. The highest BCUT2D eigenvalue weighted by atomic mass is 79.9. The maximum absolute atomic E-state index is 12.9. The smallest absolute Gasteiger partial charge is 0.416 e. The molecule has 1 heterocycles. The Kier molecular flexibility index (Phi) is 5.22. The molecule has 0 unspecified atom stereocenters. The number of benzene rings is 2. The van der Waals surface area contributed by atoms with E-state index < -0.39 is 17.6 Å². The van der Waals surface area contributed by atoms with Crippen molar-refractivity contribution in [3.05, 3.63) is 70.5 Å². The molecule has 2 aromatic carbocycles. The van der Waals surface area contributed by atoms with E-state index in [2.05, 4.69) is 26.3 Å². The molecule has 0 atom stereocenters. The van der Waals surface area contributed by atoms with Crippen LogP contribution in [0.5, 0.6) is 5.75 Å². The maximum Gasteiger partial charge on any atom is 0.416 e. The molecule has 3 aromatic rings. The van der Waals surface area contributed by atoms with Crippen LogP contribution in [0.15, 0.2) is 59.2 Å². The van der Waals surface area contributed by atoms with Gasteiger partial charge < -0.3 is 10.1 Å². The fourth-order valence-electron chi connectivity index (χ4n) is 2.35. The van der Waals surface area contributed by atoms with Crippen LogP contribution in [0.4, 0.5) is 18.9 Å². The fraction of sp³-hybridized carbons (Fsp3) is 0.111. The second kappa shape index (κ2) is 7.43. The second-order valence-electron chi connectivity index (χ2n) is 5.50. The van der Waals surface area contributed by atoms with Gasteiger partial charge in [0, 0.05) is 10.2 Å². The average Bonchev–Trinajstić information content (AvgIpc) is 3.08. The molecule has 3 rings (SSSR count). The lowest BCUT2D eigenvalue weighted by Crippen LogP contribution is -2.14. The Morgan fingerprint density at radius 3 is 2.52 bits per heavy atom. The first-order valence-electron chi connectivity index (χ1n) is 7.66. The Morgan fingerprint density at radius 2 is 1.89 bits per heavy atom. The monoisotopic (exact) mass is 439 g/mol. The van der Waals surface area contributed by atoms with Gasteiger partial charge in [-0.25, -0.2) is 4.68 Å². The van der Waals surface area contributed by atoms with Crippen molar-refractivity contribution >= 4 is 27.5 Å². The summed E-state index contributed by atoms with van der Waals surface area (Å²) in [5.41, 5.74) is -0.155. The third kappa shape index (κ3) is 4.30. The number of alkyl halides is 3. The van der Waals surface area contributed by atoms with E-state index in [9.17, 15) is 18.0 Å². The first kappa shape index (κ1) is 19.0. The number of carbonyl (C=O) groups excluding carboxylic acids is 1. The van der Waals surface area contributed by atoms with E-state index in [1.54, 1.807) is 24.3 Å². The lowest BCUT2D eigenvalue weighted by Gasteiger charge is -2.08. The lowest BCUT2D eigenvalue weighted by molar-refractivity contribution is -0.137. The topological polar surface area (TPSA) is 56.2 Å². The Bertz CT molecular complexity index is 969. The molecule has 5 nitrogen and oxygen atoms in total. The summed E-state index contributed by atoms with van der Waals surface area (Å²) in [6, 6.07) is 11.5. The molecule has 27 heavy (non-hydrogen) atoms. The number of aromatic nitrogens is 2. The Morgan fingerprint density at radius 1 is 1.19 bits per heavy atom. The van der Waals surface area contributed by atoms with Crippen molar-refractivity contribution in [1.29, 1.82) is 0 Å². The van der Waals surface area contributed by atoms with E-state index in [0.717, 1.165) is 16.6 Å². The number of methoxy groups -OCH3 is 1. The zero-order chi connectivity index (χ0) is 19.6. The number of hydrogen-bond acceptors (Lipinski definition) is 3. The fourth-order valence-corrected chi connectivity index (χ4v) is 2.61. The molecule has 1 aromatic heterocycles. The molecule has 0 aliphatic carbocycles. The van der Waals surface area contributed by atoms with Crippen LogP contribution in [0.25, 0.3) is 5.69 Å². The molecule has 0 radical (unpaired) electrons. The van der Waals surface area contributed by atoms with Crippen LogP contribution < -0.4 is 10.1 Å². The molecule has 1 N–H and O–H groups in total. The molecule has 1 amide bonds. The molecular formula is C18H13BrF3N3O2. The highest BCUT2D eigenvalue weighted by Gasteiger charge is 2.30. The highest BCUT2D eigenvalue weighted by molar-refractivity contribution is 9.10. The van der Waals surface area contributed by atoms with Crippen molar-refractivity contribution in [2.75, 3.05) is 12.4 Å². The van der Waals surface area contributed by atoms with E-state index >= 15 is 0 Å². The molecule has 0 aliphatic rings. The van der Waals surface area contributed by atoms with Crippen LogP contribution in [-0.2, 0) is 6.18 Å². The summed E-state index contributed by atoms with van der Waals surface area (Å²) < 4.78 is 45.9. The van der Waals surface area contributed by atoms with E-state index in [4.69, 9.17) is 4.74 Å². The summed E-state index contributed by atoms with van der Waals surface area (Å²) >= 11 is 3.30. The number of anilines is 1. The van der Waals surface area contributed by atoms with Gasteiger partial charge in [0.15, 0.2) is 11.4 Å². The Labute approximate surface area is 160 Å². The summed E-state index contributed by atoms with van der Waals surface area (Å²) in [6.45, 7) is 0. The van der Waals surface area contributed by atoms with Crippen LogP contribution in [0.1, 0.15) is 16.1 Å². The SMILES string of the molecule is COc1cn(-c2cccc(C(F)(F)F)c2)nc1C(=O)Nc1ccc(Br)cc1. The Balaban J connectivity index is 1.91. The lowest BCUT2D eigenvalue weighted by atomic mass is 10.2. The van der Waals surface area contributed by atoms with Crippen molar-refractivity contribution < 1.29 is 22.7 Å². The highest BCUT2D eigenvalue weighted by Crippen LogP contribution is 2.31. The third-order valence-electron chi connectivity index (χ3n) is 3.66. The van der Waals surface area contributed by atoms with Gasteiger partial charge in [-0.05, 0) is 42.5 Å². The molecule has 0 bridgehead atoms. The number of ether oxygens (including phenoxy) is 1. The van der Waals surface area contributed by atoms with Crippen LogP contribution >= 0.6 is 15.9 Å². The molecular weight excluding hydrogens is 427 g/mol. The van der Waals surface area contributed by atoms with E-state index in [-0.39, 0.29) is 17.1 Å². The van der Waals surface area contributed by atoms with E-state index in [1.807, 2.05) is 0 Å². The molecule has 9 heteroatoms. The van der Waals surface area contributed by atoms with Gasteiger partial charge in [0.2, 0.25) is 0 Å². The predicted molar refractivity (Wildman–Crippen MR) is 97.2 cm³/mol. The summed E-state index contributed by atoms with van der Waals surface area (Å²) in [7, 11) is 1.35. The number of carbonyl (C=O) groups is 1. The standard InChI is InChI=1S/C18H13BrF3N3O2/c1-27-15-10-25(14-4-2-3-11(9-14)18(20,21)22)24-16(15)17(26)23-13-7-5-12(19)6-8-13/h2-10H,1H3,(H,23,26). The molecule has 0 spiro atoms. The molecule has 0 saturated heterocycles. The van der Waals surface area contributed by atoms with Crippen LogP contribution in [0.2, 0.25) is 0 Å². The summed E-state index contributed by atoms with van der Waals surface area (Å²) in [5, 5.41) is 6.76. The summed E-state index contributed by atoms with van der Waals surface area (Å²) in [6.07, 6.45) is -3.12. The number of halogens is 4. The molecule has 0 fully saturated rings. The minimum Gasteiger partial charge on any atom is -0.493 e. The van der Waals surface area contributed by atoms with Crippen LogP contribution in [0.3, 0.4) is 0 Å². The first-order chi connectivity index (χ1) is 12.8. The van der Waals surface area contributed by atoms with Gasteiger partial charge in [0.25, 0.3) is 5.91 Å². The van der Waals surface area contributed by atoms with Gasteiger partial charge in [-0.15, -0.1) is 0 Å². The number of rotatable bonds is 4. The Hall–Kier alpha value is -2.81. The first-order valence-corrected chi connectivity index (χ1v) is 8.45. The van der Waals surface area contributed by atoms with Crippen molar-refractivity contribution in [3.8, 4) is 11.4 Å². The average molecular weight is 440 g/mol. The number of amides is 1. The van der Waals surface area contributed by atoms with Gasteiger partial charge in [0.05, 0.1) is 24.6 Å². The van der Waals surface area contributed by atoms with Gasteiger partial charge in [-0.3, -0.25) is 4.79 Å². The van der Waals surface area contributed by atoms with Gasteiger partial charge >= 0.3 is 6.18 Å². The minimum absolute atomic E-state index is 0.0437. The van der Waals surface area contributed by atoms with E-state index in [1.165, 1.54) is 30.1 Å². The van der Waals surface area contributed by atoms with Gasteiger partial charge in [0.1, 0.15) is 0 Å². The second-order valence-corrected chi connectivity index (χ2v) is 6.42. The number of hydrogen-bond donors (Lipinski definition) is 1.